The molecule has 1 aromatic heterocycles. The average Bonchev–Trinajstić information content (AvgIpc) is 2.82. The molecule has 7 heteroatoms. The van der Waals surface area contributed by atoms with Crippen molar-refractivity contribution in [2.45, 2.75) is 39.2 Å². The normalized spacial score (nSPS) is 15.6. The van der Waals surface area contributed by atoms with Crippen LogP contribution in [0.2, 0.25) is 0 Å². The lowest BCUT2D eigenvalue weighted by atomic mass is 9.93. The van der Waals surface area contributed by atoms with Crippen LogP contribution < -0.4 is 10.2 Å². The van der Waals surface area contributed by atoms with E-state index in [0.29, 0.717) is 13.0 Å². The third-order valence-electron chi connectivity index (χ3n) is 4.30. The number of hydrogen-bond acceptors (Lipinski definition) is 4. The summed E-state index contributed by atoms with van der Waals surface area (Å²) < 4.78 is 1.70. The van der Waals surface area contributed by atoms with E-state index in [4.69, 9.17) is 0 Å². The molecule has 0 aromatic carbocycles. The van der Waals surface area contributed by atoms with Crippen molar-refractivity contribution in [1.82, 2.24) is 14.8 Å². The molecule has 1 fully saturated rings. The van der Waals surface area contributed by atoms with E-state index >= 15 is 0 Å². The van der Waals surface area contributed by atoms with Crippen LogP contribution in [0.5, 0.6) is 0 Å². The van der Waals surface area contributed by atoms with Gasteiger partial charge in [-0.1, -0.05) is 11.3 Å². The summed E-state index contributed by atoms with van der Waals surface area (Å²) in [4.78, 5) is 25.9. The quantitative estimate of drug-likeness (QED) is 0.854. The Morgan fingerprint density at radius 3 is 2.64 bits per heavy atom. The number of rotatable bonds is 6. The minimum Gasteiger partial charge on any atom is -0.343 e. The van der Waals surface area contributed by atoms with Crippen LogP contribution in [0.3, 0.4) is 0 Å². The Labute approximate surface area is 142 Å². The van der Waals surface area contributed by atoms with Gasteiger partial charge in [-0.3, -0.25) is 9.59 Å². The van der Waals surface area contributed by atoms with Crippen LogP contribution in [0.25, 0.3) is 0 Å². The summed E-state index contributed by atoms with van der Waals surface area (Å²) in [5.41, 5.74) is 0.948. The molecular weight excluding hydrogens is 322 g/mol. The topological polar surface area (TPSA) is 54.3 Å². The van der Waals surface area contributed by atoms with E-state index in [1.165, 1.54) is 17.8 Å². The highest BCUT2D eigenvalue weighted by Crippen LogP contribution is 2.20. The molecule has 0 aliphatic carbocycles. The maximum atomic E-state index is 12.2. The number of likely N-dealkylation sites (tertiary alicyclic amines) is 1. The van der Waals surface area contributed by atoms with Crippen molar-refractivity contribution in [3.63, 3.8) is 0 Å². The zero-order chi connectivity index (χ0) is 15.2. The smallest absolute Gasteiger partial charge is 0.307 e. The van der Waals surface area contributed by atoms with E-state index < -0.39 is 0 Å². The number of nitrogens with one attached hydrogen (secondary N) is 1. The standard InChI is InChI=1S/C15H25N3O2S.ClH/c1-12-11-21-15(20)18(12)10-6-14(19)17-8-4-13(5-9-17)3-7-16-2;/h11,13,16H,3-10H2,1-2H3;1H. The Morgan fingerprint density at radius 2 is 2.09 bits per heavy atom. The fourth-order valence-electron chi connectivity index (χ4n) is 2.86. The molecule has 0 radical (unpaired) electrons. The molecule has 1 N–H and O–H groups in total. The number of aryl methyl sites for hydroxylation is 1. The Bertz CT molecular complexity index is 521. The molecule has 1 amide bonds. The average molecular weight is 348 g/mol. The number of thiazole rings is 1. The Balaban J connectivity index is 0.00000242. The lowest BCUT2D eigenvalue weighted by Crippen LogP contribution is -2.39. The second kappa shape index (κ2) is 9.33. The van der Waals surface area contributed by atoms with E-state index in [1.807, 2.05) is 24.3 Å². The molecule has 1 saturated heterocycles. The SMILES string of the molecule is CNCCC1CCN(C(=O)CCn2c(C)csc2=O)CC1.Cl. The first kappa shape index (κ1) is 19.2. The van der Waals surface area contributed by atoms with Gasteiger partial charge in [-0.15, -0.1) is 12.4 Å². The Hall–Kier alpha value is -0.850. The first-order valence-electron chi connectivity index (χ1n) is 7.69. The van der Waals surface area contributed by atoms with Gasteiger partial charge in [0.1, 0.15) is 0 Å². The van der Waals surface area contributed by atoms with E-state index in [1.54, 1.807) is 4.57 Å². The predicted molar refractivity (Wildman–Crippen MR) is 93.0 cm³/mol. The highest BCUT2D eigenvalue weighted by molar-refractivity contribution is 7.07. The van der Waals surface area contributed by atoms with E-state index in [0.717, 1.165) is 44.1 Å². The van der Waals surface area contributed by atoms with Gasteiger partial charge in [-0.2, -0.15) is 0 Å². The van der Waals surface area contributed by atoms with Gasteiger partial charge in [-0.25, -0.2) is 0 Å². The fraction of sp³-hybridized carbons (Fsp3) is 0.733. The van der Waals surface area contributed by atoms with Gasteiger partial charge < -0.3 is 14.8 Å². The van der Waals surface area contributed by atoms with Crippen molar-refractivity contribution in [3.8, 4) is 0 Å². The summed E-state index contributed by atoms with van der Waals surface area (Å²) in [7, 11) is 1.98. The van der Waals surface area contributed by atoms with Crippen molar-refractivity contribution in [3.05, 3.63) is 20.7 Å². The third-order valence-corrected chi connectivity index (χ3v) is 5.18. The zero-order valence-corrected chi connectivity index (χ0v) is 15.0. The molecule has 2 heterocycles. The molecule has 0 unspecified atom stereocenters. The monoisotopic (exact) mass is 347 g/mol. The van der Waals surface area contributed by atoms with Gasteiger partial charge in [0.05, 0.1) is 0 Å². The molecule has 0 atom stereocenters. The van der Waals surface area contributed by atoms with Gasteiger partial charge in [-0.05, 0) is 45.7 Å². The van der Waals surface area contributed by atoms with Crippen molar-refractivity contribution >= 4 is 29.7 Å². The summed E-state index contributed by atoms with van der Waals surface area (Å²) in [5.74, 6) is 0.919. The Morgan fingerprint density at radius 1 is 1.41 bits per heavy atom. The van der Waals surface area contributed by atoms with E-state index in [2.05, 4.69) is 5.32 Å². The number of carbonyl (C=O) groups excluding carboxylic acids is 1. The molecule has 2 rings (SSSR count). The molecular formula is C15H26ClN3O2S. The van der Waals surface area contributed by atoms with Crippen LogP contribution in [-0.2, 0) is 11.3 Å². The molecule has 0 spiro atoms. The highest BCUT2D eigenvalue weighted by Gasteiger charge is 2.22. The third kappa shape index (κ3) is 5.11. The first-order valence-corrected chi connectivity index (χ1v) is 8.57. The van der Waals surface area contributed by atoms with Crippen LogP contribution in [0.15, 0.2) is 10.2 Å². The Kier molecular flexibility index (Phi) is 8.14. The molecule has 0 saturated carbocycles. The number of nitrogens with zero attached hydrogens (tertiary/aromatic N) is 2. The second-order valence-electron chi connectivity index (χ2n) is 5.76. The molecule has 1 aromatic rings. The summed E-state index contributed by atoms with van der Waals surface area (Å²) in [6.45, 7) is 5.21. The maximum Gasteiger partial charge on any atom is 0.307 e. The van der Waals surface area contributed by atoms with E-state index in [-0.39, 0.29) is 23.2 Å². The van der Waals surface area contributed by atoms with Gasteiger partial charge >= 0.3 is 4.87 Å². The summed E-state index contributed by atoms with van der Waals surface area (Å²) in [6, 6.07) is 0. The lowest BCUT2D eigenvalue weighted by Gasteiger charge is -2.32. The molecule has 1 aliphatic heterocycles. The summed E-state index contributed by atoms with van der Waals surface area (Å²) in [5, 5.41) is 5.03. The van der Waals surface area contributed by atoms with Crippen molar-refractivity contribution in [2.24, 2.45) is 5.92 Å². The van der Waals surface area contributed by atoms with Gasteiger partial charge in [0.15, 0.2) is 0 Å². The number of amides is 1. The minimum absolute atomic E-state index is 0. The van der Waals surface area contributed by atoms with Crippen LogP contribution in [-0.4, -0.2) is 42.1 Å². The van der Waals surface area contributed by atoms with Crippen LogP contribution in [0.4, 0.5) is 0 Å². The van der Waals surface area contributed by atoms with Crippen molar-refractivity contribution in [2.75, 3.05) is 26.7 Å². The molecule has 5 nitrogen and oxygen atoms in total. The first-order chi connectivity index (χ1) is 10.1. The number of hydrogen-bond donors (Lipinski definition) is 1. The largest absolute Gasteiger partial charge is 0.343 e. The van der Waals surface area contributed by atoms with Crippen LogP contribution in [0, 0.1) is 12.8 Å². The van der Waals surface area contributed by atoms with E-state index in [9.17, 15) is 9.59 Å². The zero-order valence-electron chi connectivity index (χ0n) is 13.3. The van der Waals surface area contributed by atoms with Gasteiger partial charge in [0.2, 0.25) is 5.91 Å². The molecule has 0 bridgehead atoms. The molecule has 126 valence electrons. The summed E-state index contributed by atoms with van der Waals surface area (Å²) in [6.07, 6.45) is 3.83. The van der Waals surface area contributed by atoms with Crippen molar-refractivity contribution in [1.29, 1.82) is 0 Å². The van der Waals surface area contributed by atoms with Crippen LogP contribution >= 0.6 is 23.7 Å². The number of halogens is 1. The second-order valence-corrected chi connectivity index (χ2v) is 6.58. The number of piperidine rings is 1. The van der Waals surface area contributed by atoms with Crippen molar-refractivity contribution < 1.29 is 4.79 Å². The predicted octanol–water partition coefficient (Wildman–Crippen LogP) is 1.88. The fourth-order valence-corrected chi connectivity index (χ4v) is 3.62. The van der Waals surface area contributed by atoms with Crippen LogP contribution in [0.1, 0.15) is 31.4 Å². The highest BCUT2D eigenvalue weighted by atomic mass is 35.5. The lowest BCUT2D eigenvalue weighted by molar-refractivity contribution is -0.132. The molecule has 22 heavy (non-hydrogen) atoms. The number of carbonyl (C=O) groups is 1. The summed E-state index contributed by atoms with van der Waals surface area (Å²) >= 11 is 1.20. The molecule has 1 aliphatic rings. The maximum absolute atomic E-state index is 12.2. The van der Waals surface area contributed by atoms with Gasteiger partial charge in [0, 0.05) is 37.1 Å². The van der Waals surface area contributed by atoms with Gasteiger partial charge in [0.25, 0.3) is 0 Å². The minimum atomic E-state index is 0. The number of aromatic nitrogens is 1.